The Balaban J connectivity index is 1.31. The van der Waals surface area contributed by atoms with Crippen molar-refractivity contribution in [1.82, 2.24) is 9.97 Å². The van der Waals surface area contributed by atoms with Crippen LogP contribution in [0.25, 0.3) is 33.5 Å². The zero-order chi connectivity index (χ0) is 22.8. The van der Waals surface area contributed by atoms with E-state index >= 15 is 0 Å². The second-order valence-electron chi connectivity index (χ2n) is 7.49. The molecular weight excluding hydrogens is 439 g/mol. The molecular formula is C26H18ClFN4O. The summed E-state index contributed by atoms with van der Waals surface area (Å²) >= 11 is 5.86. The normalized spacial score (nSPS) is 10.8. The highest BCUT2D eigenvalue weighted by molar-refractivity contribution is 6.30. The molecule has 0 bridgehead atoms. The maximum Gasteiger partial charge on any atom is 0.323 e. The van der Waals surface area contributed by atoms with Crippen LogP contribution in [-0.4, -0.2) is 16.0 Å². The number of halogens is 2. The number of hydrogen-bond donors (Lipinski definition) is 3. The van der Waals surface area contributed by atoms with Crippen LogP contribution >= 0.6 is 11.6 Å². The average molecular weight is 457 g/mol. The van der Waals surface area contributed by atoms with Gasteiger partial charge in [-0.2, -0.15) is 0 Å². The maximum absolute atomic E-state index is 13.5. The molecule has 5 rings (SSSR count). The molecule has 1 aromatic heterocycles. The number of H-pyrrole nitrogens is 1. The minimum absolute atomic E-state index is 0.304. The summed E-state index contributed by atoms with van der Waals surface area (Å²) in [4.78, 5) is 20.0. The van der Waals surface area contributed by atoms with Gasteiger partial charge in [0, 0.05) is 22.0 Å². The van der Waals surface area contributed by atoms with Crippen LogP contribution in [0.4, 0.5) is 20.6 Å². The van der Waals surface area contributed by atoms with E-state index in [1.807, 2.05) is 48.5 Å². The molecule has 0 aliphatic heterocycles. The molecule has 0 saturated heterocycles. The molecule has 0 unspecified atom stereocenters. The maximum atomic E-state index is 13.5. The van der Waals surface area contributed by atoms with Crippen LogP contribution in [-0.2, 0) is 0 Å². The third-order valence-electron chi connectivity index (χ3n) is 5.16. The van der Waals surface area contributed by atoms with Gasteiger partial charge in [0.2, 0.25) is 0 Å². The standard InChI is InChI=1S/C26H18ClFN4O/c27-19-6-11-22(12-7-19)30-26(33)29-21-9-4-16(5-10-21)17-2-1-3-18(14-17)25-31-23-13-8-20(28)15-24(23)32-25/h1-15H,(H,31,32)(H2,29,30,33). The SMILES string of the molecule is O=C(Nc1ccc(Cl)cc1)Nc1ccc(-c2cccc(-c3nc4ccc(F)cc4[nH]3)c2)cc1. The molecule has 4 aromatic carbocycles. The van der Waals surface area contributed by atoms with Crippen molar-refractivity contribution in [3.8, 4) is 22.5 Å². The fourth-order valence-electron chi connectivity index (χ4n) is 3.54. The van der Waals surface area contributed by atoms with Crippen LogP contribution in [0.5, 0.6) is 0 Å². The first kappa shape index (κ1) is 20.7. The van der Waals surface area contributed by atoms with E-state index in [1.165, 1.54) is 12.1 Å². The van der Waals surface area contributed by atoms with Gasteiger partial charge in [0.1, 0.15) is 11.6 Å². The number of urea groups is 1. The van der Waals surface area contributed by atoms with Crippen molar-refractivity contribution in [3.05, 3.63) is 102 Å². The zero-order valence-corrected chi connectivity index (χ0v) is 18.0. The smallest absolute Gasteiger partial charge is 0.323 e. The van der Waals surface area contributed by atoms with Crippen LogP contribution < -0.4 is 10.6 Å². The number of aromatic amines is 1. The third kappa shape index (κ3) is 4.71. The first-order valence-corrected chi connectivity index (χ1v) is 10.6. The largest absolute Gasteiger partial charge is 0.338 e. The molecule has 0 aliphatic rings. The fraction of sp³-hybridized carbons (Fsp3) is 0. The van der Waals surface area contributed by atoms with Crippen LogP contribution in [0.2, 0.25) is 5.02 Å². The highest BCUT2D eigenvalue weighted by Crippen LogP contribution is 2.27. The Labute approximate surface area is 194 Å². The Morgan fingerprint density at radius 1 is 0.788 bits per heavy atom. The predicted octanol–water partition coefficient (Wildman–Crippen LogP) is 7.33. The second kappa shape index (κ2) is 8.76. The Bertz CT molecular complexity index is 1450. The predicted molar refractivity (Wildman–Crippen MR) is 131 cm³/mol. The van der Waals surface area contributed by atoms with Crippen LogP contribution in [0.3, 0.4) is 0 Å². The molecule has 5 nitrogen and oxygen atoms in total. The molecule has 0 saturated carbocycles. The van der Waals surface area contributed by atoms with Gasteiger partial charge in [-0.1, -0.05) is 41.9 Å². The first-order valence-electron chi connectivity index (χ1n) is 10.2. The summed E-state index contributed by atoms with van der Waals surface area (Å²) in [6.07, 6.45) is 0. The van der Waals surface area contributed by atoms with Crippen LogP contribution in [0.1, 0.15) is 0 Å². The lowest BCUT2D eigenvalue weighted by atomic mass is 10.0. The lowest BCUT2D eigenvalue weighted by Crippen LogP contribution is -2.19. The van der Waals surface area contributed by atoms with E-state index in [9.17, 15) is 9.18 Å². The van der Waals surface area contributed by atoms with Crippen molar-refractivity contribution in [2.45, 2.75) is 0 Å². The number of aromatic nitrogens is 2. The van der Waals surface area contributed by atoms with Gasteiger partial charge in [0.25, 0.3) is 0 Å². The zero-order valence-electron chi connectivity index (χ0n) is 17.3. The van der Waals surface area contributed by atoms with E-state index in [0.717, 1.165) is 16.7 Å². The second-order valence-corrected chi connectivity index (χ2v) is 7.93. The van der Waals surface area contributed by atoms with E-state index < -0.39 is 0 Å². The molecule has 1 heterocycles. The highest BCUT2D eigenvalue weighted by Gasteiger charge is 2.08. The molecule has 0 radical (unpaired) electrons. The van der Waals surface area contributed by atoms with Gasteiger partial charge in [0.05, 0.1) is 11.0 Å². The number of benzene rings is 4. The molecule has 5 aromatic rings. The van der Waals surface area contributed by atoms with Crippen molar-refractivity contribution < 1.29 is 9.18 Å². The number of hydrogen-bond acceptors (Lipinski definition) is 2. The summed E-state index contributed by atoms with van der Waals surface area (Å²) in [7, 11) is 0. The van der Waals surface area contributed by atoms with Crippen LogP contribution in [0, 0.1) is 5.82 Å². The number of carbonyl (C=O) groups excluding carboxylic acids is 1. The van der Waals surface area contributed by atoms with E-state index in [4.69, 9.17) is 11.6 Å². The van der Waals surface area contributed by atoms with Gasteiger partial charge in [0.15, 0.2) is 0 Å². The molecule has 162 valence electrons. The lowest BCUT2D eigenvalue weighted by molar-refractivity contribution is 0.262. The number of amides is 2. The number of imidazole rings is 1. The molecule has 3 N–H and O–H groups in total. The Hall–Kier alpha value is -4.16. The van der Waals surface area contributed by atoms with Gasteiger partial charge >= 0.3 is 6.03 Å². The van der Waals surface area contributed by atoms with Gasteiger partial charge in [-0.15, -0.1) is 0 Å². The number of anilines is 2. The van der Waals surface area contributed by atoms with E-state index in [1.54, 1.807) is 30.3 Å². The Morgan fingerprint density at radius 2 is 1.45 bits per heavy atom. The number of nitrogens with zero attached hydrogens (tertiary/aromatic N) is 1. The molecule has 7 heteroatoms. The van der Waals surface area contributed by atoms with Gasteiger partial charge < -0.3 is 15.6 Å². The van der Waals surface area contributed by atoms with Gasteiger partial charge in [-0.25, -0.2) is 14.2 Å². The van der Waals surface area contributed by atoms with Gasteiger partial charge in [-0.3, -0.25) is 0 Å². The lowest BCUT2D eigenvalue weighted by Gasteiger charge is -2.09. The molecule has 33 heavy (non-hydrogen) atoms. The quantitative estimate of drug-likeness (QED) is 0.265. The topological polar surface area (TPSA) is 69.8 Å². The van der Waals surface area contributed by atoms with Crippen molar-refractivity contribution in [1.29, 1.82) is 0 Å². The van der Waals surface area contributed by atoms with Crippen molar-refractivity contribution in [2.75, 3.05) is 10.6 Å². The van der Waals surface area contributed by atoms with E-state index in [0.29, 0.717) is 33.3 Å². The minimum Gasteiger partial charge on any atom is -0.338 e. The number of nitrogens with one attached hydrogen (secondary N) is 3. The van der Waals surface area contributed by atoms with Crippen molar-refractivity contribution >= 4 is 40.0 Å². The molecule has 0 aliphatic carbocycles. The van der Waals surface area contributed by atoms with E-state index in [-0.39, 0.29) is 11.8 Å². The molecule has 0 fully saturated rings. The summed E-state index contributed by atoms with van der Waals surface area (Å²) in [5.41, 5.74) is 5.57. The number of carbonyl (C=O) groups is 1. The summed E-state index contributed by atoms with van der Waals surface area (Å²) in [5, 5.41) is 6.18. The molecule has 2 amide bonds. The fourth-order valence-corrected chi connectivity index (χ4v) is 3.66. The number of rotatable bonds is 4. The van der Waals surface area contributed by atoms with E-state index in [2.05, 4.69) is 20.6 Å². The monoisotopic (exact) mass is 456 g/mol. The summed E-state index contributed by atoms with van der Waals surface area (Å²) in [6.45, 7) is 0. The van der Waals surface area contributed by atoms with Gasteiger partial charge in [-0.05, 0) is 71.8 Å². The summed E-state index contributed by atoms with van der Waals surface area (Å²) in [5.74, 6) is 0.372. The first-order chi connectivity index (χ1) is 16.0. The molecule has 0 atom stereocenters. The number of fused-ring (bicyclic) bond motifs is 1. The third-order valence-corrected chi connectivity index (χ3v) is 5.41. The average Bonchev–Trinajstić information content (AvgIpc) is 3.24. The molecule has 0 spiro atoms. The minimum atomic E-state index is -0.339. The van der Waals surface area contributed by atoms with Crippen molar-refractivity contribution in [2.24, 2.45) is 0 Å². The Morgan fingerprint density at radius 3 is 2.18 bits per heavy atom. The summed E-state index contributed by atoms with van der Waals surface area (Å²) in [6, 6.07) is 26.5. The van der Waals surface area contributed by atoms with Crippen molar-refractivity contribution in [3.63, 3.8) is 0 Å². The summed E-state index contributed by atoms with van der Waals surface area (Å²) < 4.78 is 13.5. The highest BCUT2D eigenvalue weighted by atomic mass is 35.5. The Kier molecular flexibility index (Phi) is 5.50. The van der Waals surface area contributed by atoms with Crippen LogP contribution in [0.15, 0.2) is 91.0 Å².